The number of carbonyl (C=O) groups excluding carboxylic acids is 1. The van der Waals surface area contributed by atoms with Gasteiger partial charge in [-0.15, -0.1) is 0 Å². The van der Waals surface area contributed by atoms with E-state index in [4.69, 9.17) is 4.74 Å². The maximum absolute atomic E-state index is 12.7. The topological polar surface area (TPSA) is 50.4 Å². The Morgan fingerprint density at radius 3 is 2.96 bits per heavy atom. The fourth-order valence-electron chi connectivity index (χ4n) is 4.87. The average Bonchev–Trinajstić information content (AvgIpc) is 3.19. The van der Waals surface area contributed by atoms with E-state index >= 15 is 0 Å². The normalized spacial score (nSPS) is 30.2. The number of nitrogens with one attached hydrogen (secondary N) is 2. The Labute approximate surface area is 143 Å². The number of rotatable bonds is 3. The van der Waals surface area contributed by atoms with Crippen molar-refractivity contribution in [1.29, 1.82) is 0 Å². The highest BCUT2D eigenvalue weighted by Gasteiger charge is 2.57. The minimum Gasteiger partial charge on any atom is -0.466 e. The van der Waals surface area contributed by atoms with Crippen LogP contribution in [0, 0.1) is 5.92 Å². The molecule has 4 nitrogen and oxygen atoms in total. The van der Waals surface area contributed by atoms with Crippen LogP contribution in [0.1, 0.15) is 31.7 Å². The Hall–Kier alpha value is -2.07. The lowest BCUT2D eigenvalue weighted by atomic mass is 9.63. The molecule has 4 rings (SSSR count). The zero-order valence-electron chi connectivity index (χ0n) is 14.3. The molecular formula is C20H24N2O2. The Morgan fingerprint density at radius 1 is 1.42 bits per heavy atom. The maximum Gasteiger partial charge on any atom is 0.336 e. The van der Waals surface area contributed by atoms with Gasteiger partial charge < -0.3 is 15.4 Å². The molecule has 3 atom stereocenters. The van der Waals surface area contributed by atoms with Gasteiger partial charge in [-0.3, -0.25) is 0 Å². The summed E-state index contributed by atoms with van der Waals surface area (Å²) in [5, 5.41) is 7.25. The van der Waals surface area contributed by atoms with Crippen LogP contribution in [0.25, 0.3) is 0 Å². The summed E-state index contributed by atoms with van der Waals surface area (Å²) in [6, 6.07) is 8.74. The molecule has 0 amide bonds. The zero-order valence-corrected chi connectivity index (χ0v) is 14.3. The van der Waals surface area contributed by atoms with Gasteiger partial charge >= 0.3 is 5.97 Å². The molecule has 24 heavy (non-hydrogen) atoms. The Kier molecular flexibility index (Phi) is 3.53. The van der Waals surface area contributed by atoms with Gasteiger partial charge in [-0.25, -0.2) is 4.79 Å². The fraction of sp³-hybridized carbons (Fsp3) is 0.450. The Bertz CT molecular complexity index is 752. The summed E-state index contributed by atoms with van der Waals surface area (Å²) >= 11 is 0. The van der Waals surface area contributed by atoms with Crippen LogP contribution in [0.4, 0.5) is 5.69 Å². The summed E-state index contributed by atoms with van der Waals surface area (Å²) in [7, 11) is 1.47. The number of benzene rings is 1. The van der Waals surface area contributed by atoms with Crippen LogP contribution in [0.2, 0.25) is 0 Å². The molecule has 4 heteroatoms. The molecule has 0 unspecified atom stereocenters. The molecule has 1 aliphatic carbocycles. The molecule has 1 fully saturated rings. The fourth-order valence-corrected chi connectivity index (χ4v) is 4.87. The third-order valence-corrected chi connectivity index (χ3v) is 6.06. The number of hydrogen-bond acceptors (Lipinski definition) is 4. The molecular weight excluding hydrogens is 300 g/mol. The first kappa shape index (κ1) is 15.5. The Balaban J connectivity index is 1.97. The first-order chi connectivity index (χ1) is 11.6. The predicted octanol–water partition coefficient (Wildman–Crippen LogP) is 3.13. The highest BCUT2D eigenvalue weighted by Crippen LogP contribution is 2.57. The molecule has 3 aliphatic rings. The van der Waals surface area contributed by atoms with Crippen molar-refractivity contribution in [2.24, 2.45) is 5.92 Å². The first-order valence-corrected chi connectivity index (χ1v) is 8.74. The number of ether oxygens (including phenoxy) is 1. The quantitative estimate of drug-likeness (QED) is 0.662. The largest absolute Gasteiger partial charge is 0.466 e. The van der Waals surface area contributed by atoms with Crippen molar-refractivity contribution in [3.8, 4) is 0 Å². The number of anilines is 1. The van der Waals surface area contributed by atoms with Gasteiger partial charge in [-0.05, 0) is 37.4 Å². The Morgan fingerprint density at radius 2 is 2.21 bits per heavy atom. The smallest absolute Gasteiger partial charge is 0.336 e. The van der Waals surface area contributed by atoms with Crippen LogP contribution >= 0.6 is 0 Å². The van der Waals surface area contributed by atoms with Gasteiger partial charge in [0.15, 0.2) is 0 Å². The molecule has 1 spiro atoms. The van der Waals surface area contributed by atoms with Gasteiger partial charge in [0.2, 0.25) is 0 Å². The second-order valence-electron chi connectivity index (χ2n) is 6.98. The van der Waals surface area contributed by atoms with Gasteiger partial charge in [0.1, 0.15) is 0 Å². The molecule has 1 saturated heterocycles. The lowest BCUT2D eigenvalue weighted by Gasteiger charge is -2.41. The van der Waals surface area contributed by atoms with Crippen molar-refractivity contribution in [1.82, 2.24) is 5.32 Å². The van der Waals surface area contributed by atoms with Crippen LogP contribution in [0.15, 0.2) is 47.7 Å². The number of methoxy groups -OCH3 is 1. The van der Waals surface area contributed by atoms with Crippen LogP contribution < -0.4 is 10.6 Å². The predicted molar refractivity (Wildman–Crippen MR) is 94.7 cm³/mol. The lowest BCUT2D eigenvalue weighted by Crippen LogP contribution is -2.47. The molecule has 0 radical (unpaired) electrons. The second kappa shape index (κ2) is 5.49. The summed E-state index contributed by atoms with van der Waals surface area (Å²) in [4.78, 5) is 12.7. The molecule has 2 heterocycles. The molecule has 1 aromatic carbocycles. The van der Waals surface area contributed by atoms with E-state index in [9.17, 15) is 4.79 Å². The minimum atomic E-state index is -0.227. The van der Waals surface area contributed by atoms with Crippen molar-refractivity contribution in [2.45, 2.75) is 37.6 Å². The van der Waals surface area contributed by atoms with E-state index in [1.807, 2.05) is 6.07 Å². The third-order valence-electron chi connectivity index (χ3n) is 6.06. The highest BCUT2D eigenvalue weighted by molar-refractivity contribution is 5.94. The van der Waals surface area contributed by atoms with E-state index in [2.05, 4.69) is 42.3 Å². The highest BCUT2D eigenvalue weighted by atomic mass is 16.5. The van der Waals surface area contributed by atoms with Crippen LogP contribution in [-0.2, 0) is 14.9 Å². The van der Waals surface area contributed by atoms with Crippen molar-refractivity contribution < 1.29 is 9.53 Å². The van der Waals surface area contributed by atoms with Gasteiger partial charge in [0, 0.05) is 23.3 Å². The first-order valence-electron chi connectivity index (χ1n) is 8.74. The van der Waals surface area contributed by atoms with Gasteiger partial charge in [-0.1, -0.05) is 37.3 Å². The number of para-hydroxylation sites is 1. The van der Waals surface area contributed by atoms with Crippen molar-refractivity contribution in [3.63, 3.8) is 0 Å². The average molecular weight is 324 g/mol. The summed E-state index contributed by atoms with van der Waals surface area (Å²) in [5.74, 6) is -0.183. The van der Waals surface area contributed by atoms with E-state index in [0.717, 1.165) is 48.3 Å². The summed E-state index contributed by atoms with van der Waals surface area (Å²) in [6.45, 7) is 7.30. The molecule has 1 aromatic rings. The van der Waals surface area contributed by atoms with Crippen molar-refractivity contribution in [2.75, 3.05) is 19.0 Å². The summed E-state index contributed by atoms with van der Waals surface area (Å²) in [6.07, 6.45) is 2.77. The molecule has 2 N–H and O–H groups in total. The van der Waals surface area contributed by atoms with Gasteiger partial charge in [0.25, 0.3) is 0 Å². The van der Waals surface area contributed by atoms with Crippen LogP contribution in [-0.4, -0.2) is 25.7 Å². The third kappa shape index (κ3) is 1.86. The number of carbonyl (C=O) groups is 1. The molecule has 126 valence electrons. The maximum atomic E-state index is 12.7. The van der Waals surface area contributed by atoms with E-state index in [-0.39, 0.29) is 17.3 Å². The SMILES string of the molecule is C=C(CC)[C@@H]1C[C@@H]2NCC[C@]23C(=C1C(=O)OC)Nc1ccccc13. The monoisotopic (exact) mass is 324 g/mol. The number of hydrogen-bond donors (Lipinski definition) is 2. The van der Waals surface area contributed by atoms with E-state index in [1.165, 1.54) is 12.7 Å². The molecule has 0 saturated carbocycles. The second-order valence-corrected chi connectivity index (χ2v) is 6.98. The standard InChI is InChI=1S/C20H24N2O2/c1-4-12(2)13-11-16-20(9-10-21-16)14-7-5-6-8-15(14)22-18(20)17(13)19(23)24-3/h5-8,13,16,21-22H,2,4,9-11H2,1,3H3/t13-,16-,20+/m0/s1. The summed E-state index contributed by atoms with van der Waals surface area (Å²) < 4.78 is 5.17. The molecule has 2 aliphatic heterocycles. The number of allylic oxidation sites excluding steroid dienone is 1. The number of fused-ring (bicyclic) bond motifs is 1. The van der Waals surface area contributed by atoms with Crippen LogP contribution in [0.5, 0.6) is 0 Å². The van der Waals surface area contributed by atoms with E-state index in [0.29, 0.717) is 6.04 Å². The van der Waals surface area contributed by atoms with Crippen LogP contribution in [0.3, 0.4) is 0 Å². The van der Waals surface area contributed by atoms with Crippen molar-refractivity contribution in [3.05, 3.63) is 53.3 Å². The van der Waals surface area contributed by atoms with E-state index < -0.39 is 0 Å². The van der Waals surface area contributed by atoms with Crippen molar-refractivity contribution >= 4 is 11.7 Å². The minimum absolute atomic E-state index is 0.0444. The lowest BCUT2D eigenvalue weighted by molar-refractivity contribution is -0.136. The zero-order chi connectivity index (χ0) is 16.9. The van der Waals surface area contributed by atoms with E-state index in [1.54, 1.807) is 0 Å². The summed E-state index contributed by atoms with van der Waals surface area (Å²) in [5.41, 5.74) is 5.20. The molecule has 0 aromatic heterocycles. The number of esters is 1. The molecule has 0 bridgehead atoms. The van der Waals surface area contributed by atoms with Gasteiger partial charge in [0.05, 0.1) is 18.1 Å². The van der Waals surface area contributed by atoms with Gasteiger partial charge in [-0.2, -0.15) is 0 Å².